The summed E-state index contributed by atoms with van der Waals surface area (Å²) in [5.41, 5.74) is 0. The van der Waals surface area contributed by atoms with Gasteiger partial charge in [-0.05, 0) is 38.5 Å². The largest absolute Gasteiger partial charge is 0.469 e. The molecule has 0 aromatic rings. The molecular formula is C15H29N3O2. The molecule has 0 unspecified atom stereocenters. The van der Waals surface area contributed by atoms with Crippen molar-refractivity contribution in [2.75, 3.05) is 33.3 Å². The van der Waals surface area contributed by atoms with E-state index in [4.69, 9.17) is 0 Å². The highest BCUT2D eigenvalue weighted by Gasteiger charge is 2.18. The number of hydrogen-bond donors (Lipinski definition) is 1. The Morgan fingerprint density at radius 1 is 1.35 bits per heavy atom. The zero-order valence-corrected chi connectivity index (χ0v) is 13.2. The number of carbonyl (C=O) groups excluding carboxylic acids is 1. The molecule has 5 nitrogen and oxygen atoms in total. The molecule has 1 N–H and O–H groups in total. The zero-order valence-electron chi connectivity index (χ0n) is 13.2. The molecule has 116 valence electrons. The fourth-order valence-corrected chi connectivity index (χ4v) is 2.31. The van der Waals surface area contributed by atoms with Crippen molar-refractivity contribution in [1.29, 1.82) is 0 Å². The molecule has 1 heterocycles. The molecule has 0 aliphatic carbocycles. The lowest BCUT2D eigenvalue weighted by atomic mass is 10.00. The van der Waals surface area contributed by atoms with Crippen LogP contribution in [-0.2, 0) is 9.53 Å². The van der Waals surface area contributed by atoms with Crippen molar-refractivity contribution in [3.63, 3.8) is 0 Å². The van der Waals surface area contributed by atoms with Gasteiger partial charge in [0.05, 0.1) is 7.11 Å². The molecule has 0 bridgehead atoms. The molecule has 1 aliphatic heterocycles. The highest BCUT2D eigenvalue weighted by Crippen LogP contribution is 2.15. The third-order valence-corrected chi connectivity index (χ3v) is 3.70. The first kappa shape index (κ1) is 16.8. The molecule has 0 radical (unpaired) electrons. The van der Waals surface area contributed by atoms with Gasteiger partial charge in [0.25, 0.3) is 0 Å². The summed E-state index contributed by atoms with van der Waals surface area (Å²) in [6.45, 7) is 8.26. The number of methoxy groups -OCH3 is 1. The van der Waals surface area contributed by atoms with Crippen molar-refractivity contribution in [2.45, 2.75) is 46.0 Å². The van der Waals surface area contributed by atoms with Crippen LogP contribution in [0.3, 0.4) is 0 Å². The highest BCUT2D eigenvalue weighted by atomic mass is 16.5. The van der Waals surface area contributed by atoms with E-state index in [1.807, 2.05) is 0 Å². The van der Waals surface area contributed by atoms with Gasteiger partial charge in [-0.1, -0.05) is 6.92 Å². The number of esters is 1. The maximum Gasteiger partial charge on any atom is 0.305 e. The van der Waals surface area contributed by atoms with Gasteiger partial charge in [-0.15, -0.1) is 0 Å². The van der Waals surface area contributed by atoms with Crippen LogP contribution < -0.4 is 5.32 Å². The standard InChI is InChI=1S/C15H29N3O2/c1-4-16-15(18-11-8-13(2)9-12-18)17-10-6-5-7-14(19)20-3/h13H,4-12H2,1-3H3,(H,16,17). The minimum Gasteiger partial charge on any atom is -0.469 e. The Balaban J connectivity index is 2.33. The van der Waals surface area contributed by atoms with Gasteiger partial charge in [0.1, 0.15) is 0 Å². The number of ether oxygens (including phenoxy) is 1. The van der Waals surface area contributed by atoms with Crippen LogP contribution in [0.25, 0.3) is 0 Å². The molecule has 5 heteroatoms. The normalized spacial score (nSPS) is 17.1. The summed E-state index contributed by atoms with van der Waals surface area (Å²) >= 11 is 0. The first-order chi connectivity index (χ1) is 9.67. The first-order valence-corrected chi connectivity index (χ1v) is 7.77. The van der Waals surface area contributed by atoms with E-state index in [1.54, 1.807) is 0 Å². The number of piperidine rings is 1. The van der Waals surface area contributed by atoms with E-state index in [9.17, 15) is 4.79 Å². The van der Waals surface area contributed by atoms with Gasteiger partial charge in [-0.25, -0.2) is 0 Å². The van der Waals surface area contributed by atoms with Crippen LogP contribution in [0.5, 0.6) is 0 Å². The van der Waals surface area contributed by atoms with E-state index in [0.717, 1.165) is 50.9 Å². The number of hydrogen-bond acceptors (Lipinski definition) is 3. The van der Waals surface area contributed by atoms with E-state index in [1.165, 1.54) is 20.0 Å². The summed E-state index contributed by atoms with van der Waals surface area (Å²) in [5, 5.41) is 3.36. The fraction of sp³-hybridized carbons (Fsp3) is 0.867. The number of rotatable bonds is 6. The second-order valence-electron chi connectivity index (χ2n) is 5.44. The number of carbonyl (C=O) groups is 1. The second kappa shape index (κ2) is 9.61. The average Bonchev–Trinajstić information content (AvgIpc) is 2.46. The Labute approximate surface area is 122 Å². The fourth-order valence-electron chi connectivity index (χ4n) is 2.31. The van der Waals surface area contributed by atoms with E-state index >= 15 is 0 Å². The lowest BCUT2D eigenvalue weighted by Crippen LogP contribution is -2.45. The summed E-state index contributed by atoms with van der Waals surface area (Å²) < 4.78 is 4.63. The quantitative estimate of drug-likeness (QED) is 0.351. The smallest absolute Gasteiger partial charge is 0.305 e. The number of likely N-dealkylation sites (tertiary alicyclic amines) is 1. The summed E-state index contributed by atoms with van der Waals surface area (Å²) in [6.07, 6.45) is 4.74. The molecule has 0 spiro atoms. The third-order valence-electron chi connectivity index (χ3n) is 3.70. The Bertz CT molecular complexity index is 310. The van der Waals surface area contributed by atoms with Crippen LogP contribution in [0, 0.1) is 5.92 Å². The maximum absolute atomic E-state index is 11.0. The van der Waals surface area contributed by atoms with Gasteiger partial charge in [-0.3, -0.25) is 9.79 Å². The second-order valence-corrected chi connectivity index (χ2v) is 5.44. The Kier molecular flexibility index (Phi) is 8.07. The first-order valence-electron chi connectivity index (χ1n) is 7.77. The van der Waals surface area contributed by atoms with Crippen molar-refractivity contribution in [3.05, 3.63) is 0 Å². The van der Waals surface area contributed by atoms with E-state index in [-0.39, 0.29) is 5.97 Å². The molecule has 1 saturated heterocycles. The molecular weight excluding hydrogens is 254 g/mol. The Hall–Kier alpha value is -1.26. The number of unbranched alkanes of at least 4 members (excludes halogenated alkanes) is 1. The van der Waals surface area contributed by atoms with Crippen molar-refractivity contribution < 1.29 is 9.53 Å². The van der Waals surface area contributed by atoms with Crippen molar-refractivity contribution in [3.8, 4) is 0 Å². The maximum atomic E-state index is 11.0. The van der Waals surface area contributed by atoms with Crippen LogP contribution in [0.1, 0.15) is 46.0 Å². The van der Waals surface area contributed by atoms with Gasteiger partial charge >= 0.3 is 5.97 Å². The Morgan fingerprint density at radius 2 is 2.05 bits per heavy atom. The predicted molar refractivity (Wildman–Crippen MR) is 81.8 cm³/mol. The van der Waals surface area contributed by atoms with Gasteiger partial charge in [0.15, 0.2) is 5.96 Å². The average molecular weight is 283 g/mol. The molecule has 1 fully saturated rings. The molecule has 20 heavy (non-hydrogen) atoms. The number of guanidine groups is 1. The van der Waals surface area contributed by atoms with E-state index < -0.39 is 0 Å². The van der Waals surface area contributed by atoms with Crippen molar-refractivity contribution in [2.24, 2.45) is 10.9 Å². The van der Waals surface area contributed by atoms with Crippen LogP contribution in [0.15, 0.2) is 4.99 Å². The molecule has 0 atom stereocenters. The minimum atomic E-state index is -0.133. The van der Waals surface area contributed by atoms with Gasteiger partial charge in [0.2, 0.25) is 0 Å². The van der Waals surface area contributed by atoms with Crippen molar-refractivity contribution >= 4 is 11.9 Å². The molecule has 0 amide bonds. The zero-order chi connectivity index (χ0) is 14.8. The summed E-state index contributed by atoms with van der Waals surface area (Å²) in [6, 6.07) is 0. The van der Waals surface area contributed by atoms with Gasteiger partial charge < -0.3 is 15.0 Å². The van der Waals surface area contributed by atoms with Gasteiger partial charge in [-0.2, -0.15) is 0 Å². The van der Waals surface area contributed by atoms with Crippen LogP contribution in [0.4, 0.5) is 0 Å². The summed E-state index contributed by atoms with van der Waals surface area (Å²) in [5.74, 6) is 1.72. The topological polar surface area (TPSA) is 53.9 Å². The van der Waals surface area contributed by atoms with Crippen molar-refractivity contribution in [1.82, 2.24) is 10.2 Å². The molecule has 0 saturated carbocycles. The van der Waals surface area contributed by atoms with E-state index in [0.29, 0.717) is 6.42 Å². The summed E-state index contributed by atoms with van der Waals surface area (Å²) in [4.78, 5) is 18.0. The molecule has 0 aromatic heterocycles. The van der Waals surface area contributed by atoms with Crippen LogP contribution in [0.2, 0.25) is 0 Å². The lowest BCUT2D eigenvalue weighted by Gasteiger charge is -2.33. The predicted octanol–water partition coefficient (Wildman–Crippen LogP) is 2.03. The lowest BCUT2D eigenvalue weighted by molar-refractivity contribution is -0.140. The Morgan fingerprint density at radius 3 is 2.65 bits per heavy atom. The van der Waals surface area contributed by atoms with Crippen LogP contribution >= 0.6 is 0 Å². The molecule has 1 rings (SSSR count). The van der Waals surface area contributed by atoms with Crippen LogP contribution in [-0.4, -0.2) is 50.1 Å². The SMILES string of the molecule is CCNC(=NCCCCC(=O)OC)N1CCC(C)CC1. The number of nitrogens with zero attached hydrogens (tertiary/aromatic N) is 2. The van der Waals surface area contributed by atoms with E-state index in [2.05, 4.69) is 33.8 Å². The highest BCUT2D eigenvalue weighted by molar-refractivity contribution is 5.80. The summed E-state index contributed by atoms with van der Waals surface area (Å²) in [7, 11) is 1.43. The number of aliphatic imine (C=N–C) groups is 1. The number of nitrogens with one attached hydrogen (secondary N) is 1. The molecule has 0 aromatic carbocycles. The molecule has 1 aliphatic rings. The van der Waals surface area contributed by atoms with Gasteiger partial charge in [0, 0.05) is 32.6 Å². The monoisotopic (exact) mass is 283 g/mol. The third kappa shape index (κ3) is 6.26. The minimum absolute atomic E-state index is 0.133.